The maximum atomic E-state index is 16.1. The number of carbonyl (C=O) groups excluding carboxylic acids is 7. The van der Waals surface area contributed by atoms with Gasteiger partial charge < -0.3 is 58.0 Å². The summed E-state index contributed by atoms with van der Waals surface area (Å²) in [5.74, 6) is -5.41. The number of alkyl carbamates (subject to hydrolysis) is 1. The lowest BCUT2D eigenvalue weighted by Crippen LogP contribution is -2.83. The van der Waals surface area contributed by atoms with Gasteiger partial charge in [0.15, 0.2) is 41.9 Å². The highest BCUT2D eigenvalue weighted by Crippen LogP contribution is 2.67. The SMILES string of the molecule is CO[C@H]1C[C@H]2OC[C@@]2(OC(C)=O)[C@H]2[C@H](OC(=O)c3ccccc3)[C@]34OC(=O)O[C@H]3[C@H](OC(=O)[C@H](O)[C@@H](NC(=O)OC(C)(C)C)c3ccccc3)C(C)=C([C@@H](OC(=O)N(C)C)C(=O)C12C)C4(C)C. The summed E-state index contributed by atoms with van der Waals surface area (Å²) in [5.41, 5.74) is -8.47. The second kappa shape index (κ2) is 17.6. The number of hydrogen-bond donors (Lipinski definition) is 2. The van der Waals surface area contributed by atoms with Crippen LogP contribution in [0.4, 0.5) is 14.4 Å². The van der Waals surface area contributed by atoms with Crippen molar-refractivity contribution in [3.05, 3.63) is 82.9 Å². The van der Waals surface area contributed by atoms with E-state index in [1.165, 1.54) is 47.2 Å². The van der Waals surface area contributed by atoms with E-state index in [9.17, 15) is 33.9 Å². The smallest absolute Gasteiger partial charge is 0.454 e. The molecule has 1 spiro atoms. The van der Waals surface area contributed by atoms with Crippen molar-refractivity contribution < 1.29 is 81.3 Å². The maximum Gasteiger partial charge on any atom is 0.509 e. The molecular formula is C48H58N2O17. The first-order chi connectivity index (χ1) is 31.3. The summed E-state index contributed by atoms with van der Waals surface area (Å²) in [6.45, 7) is 11.9. The van der Waals surface area contributed by atoms with Gasteiger partial charge in [0, 0.05) is 40.0 Å². The lowest BCUT2D eigenvalue weighted by Gasteiger charge is -2.67. The number of fused-ring (bicyclic) bond motifs is 4. The second-order valence-corrected chi connectivity index (χ2v) is 19.5. The first-order valence-electron chi connectivity index (χ1n) is 21.9. The minimum Gasteiger partial charge on any atom is -0.454 e. The molecule has 2 heterocycles. The summed E-state index contributed by atoms with van der Waals surface area (Å²) in [6.07, 6.45) is -14.8. The summed E-state index contributed by atoms with van der Waals surface area (Å²) in [4.78, 5) is 101. The third kappa shape index (κ3) is 8.07. The molecule has 2 aromatic rings. The molecule has 0 radical (unpaired) electrons. The van der Waals surface area contributed by atoms with Crippen LogP contribution in [0.2, 0.25) is 0 Å². The number of methoxy groups -OCH3 is 1. The van der Waals surface area contributed by atoms with Crippen LogP contribution in [0.1, 0.15) is 83.8 Å². The van der Waals surface area contributed by atoms with Crippen LogP contribution in [-0.4, -0.2) is 139 Å². The van der Waals surface area contributed by atoms with Gasteiger partial charge in [-0.2, -0.15) is 0 Å². The number of ketones is 1. The van der Waals surface area contributed by atoms with Gasteiger partial charge in [-0.25, -0.2) is 24.0 Å². The predicted molar refractivity (Wildman–Crippen MR) is 231 cm³/mol. The quantitative estimate of drug-likeness (QED) is 0.185. The number of aliphatic hydroxyl groups excluding tert-OH is 1. The van der Waals surface area contributed by atoms with Gasteiger partial charge in [-0.3, -0.25) is 9.59 Å². The molecule has 2 saturated heterocycles. The fourth-order valence-electron chi connectivity index (χ4n) is 10.9. The molecule has 12 atom stereocenters. The van der Waals surface area contributed by atoms with E-state index in [4.69, 9.17) is 42.6 Å². The van der Waals surface area contributed by atoms with Crippen LogP contribution in [0, 0.1) is 16.7 Å². The molecule has 0 aromatic heterocycles. The number of ether oxygens (including phenoxy) is 9. The van der Waals surface area contributed by atoms with Crippen LogP contribution < -0.4 is 5.32 Å². The number of nitrogens with one attached hydrogen (secondary N) is 1. The number of benzene rings is 2. The molecule has 2 aliphatic heterocycles. The van der Waals surface area contributed by atoms with E-state index >= 15 is 4.79 Å². The number of amides is 2. The lowest BCUT2D eigenvalue weighted by molar-refractivity contribution is -0.347. The van der Waals surface area contributed by atoms with Crippen LogP contribution >= 0.6 is 0 Å². The van der Waals surface area contributed by atoms with E-state index in [0.29, 0.717) is 0 Å². The normalized spacial score (nSPS) is 32.3. The number of hydrogen-bond acceptors (Lipinski definition) is 17. The number of Topliss-reactive ketones (excluding diaryl/α,β-unsaturated/α-hetero) is 1. The molecule has 2 N–H and O–H groups in total. The molecule has 3 aliphatic carbocycles. The Hall–Kier alpha value is -6.05. The molecule has 67 heavy (non-hydrogen) atoms. The van der Waals surface area contributed by atoms with E-state index in [1.54, 1.807) is 83.1 Å². The van der Waals surface area contributed by atoms with E-state index < -0.39 is 124 Å². The molecule has 2 bridgehead atoms. The van der Waals surface area contributed by atoms with Crippen molar-refractivity contribution in [2.24, 2.45) is 16.7 Å². The topological polar surface area (TPSA) is 238 Å². The van der Waals surface area contributed by atoms with E-state index in [1.807, 2.05) is 0 Å². The Balaban J connectivity index is 1.49. The lowest BCUT2D eigenvalue weighted by atomic mass is 9.44. The van der Waals surface area contributed by atoms with Crippen molar-refractivity contribution in [2.75, 3.05) is 27.8 Å². The van der Waals surface area contributed by atoms with Crippen molar-refractivity contribution in [2.45, 2.75) is 127 Å². The summed E-state index contributed by atoms with van der Waals surface area (Å²) in [7, 11) is 4.17. The highest BCUT2D eigenvalue weighted by molar-refractivity contribution is 5.96. The van der Waals surface area contributed by atoms with Crippen molar-refractivity contribution in [1.82, 2.24) is 10.2 Å². The molecule has 5 aliphatic rings. The summed E-state index contributed by atoms with van der Waals surface area (Å²) in [6, 6.07) is 14.4. The van der Waals surface area contributed by atoms with Gasteiger partial charge in [-0.05, 0) is 63.5 Å². The molecule has 4 fully saturated rings. The van der Waals surface area contributed by atoms with Crippen molar-refractivity contribution in [3.8, 4) is 0 Å². The first-order valence-corrected chi connectivity index (χ1v) is 21.9. The van der Waals surface area contributed by atoms with Gasteiger partial charge in [-0.1, -0.05) is 62.4 Å². The molecule has 2 saturated carbocycles. The number of esters is 3. The van der Waals surface area contributed by atoms with Crippen LogP contribution in [0.15, 0.2) is 71.8 Å². The minimum absolute atomic E-state index is 0.0233. The third-order valence-corrected chi connectivity index (χ3v) is 13.8. The highest BCUT2D eigenvalue weighted by atomic mass is 16.8. The summed E-state index contributed by atoms with van der Waals surface area (Å²) >= 11 is 0. The zero-order chi connectivity index (χ0) is 49.2. The Morgan fingerprint density at radius 1 is 0.925 bits per heavy atom. The Kier molecular flexibility index (Phi) is 12.8. The molecule has 2 amide bonds. The fourth-order valence-corrected chi connectivity index (χ4v) is 10.9. The fraction of sp³-hybridized carbons (Fsp3) is 0.562. The van der Waals surface area contributed by atoms with Gasteiger partial charge in [0.2, 0.25) is 5.60 Å². The summed E-state index contributed by atoms with van der Waals surface area (Å²) < 4.78 is 55.4. The number of carbonyl (C=O) groups is 7. The second-order valence-electron chi connectivity index (χ2n) is 19.5. The Bertz CT molecular complexity index is 2350. The van der Waals surface area contributed by atoms with Gasteiger partial charge in [-0.15, -0.1) is 0 Å². The van der Waals surface area contributed by atoms with Crippen LogP contribution in [0.3, 0.4) is 0 Å². The molecule has 362 valence electrons. The zero-order valence-electron chi connectivity index (χ0n) is 39.3. The minimum atomic E-state index is -2.36. The van der Waals surface area contributed by atoms with E-state index in [2.05, 4.69) is 5.32 Å². The van der Waals surface area contributed by atoms with Crippen LogP contribution in [-0.2, 0) is 57.0 Å². The molecule has 7 rings (SSSR count). The molecule has 19 nitrogen and oxygen atoms in total. The number of nitrogens with zero attached hydrogens (tertiary/aromatic N) is 1. The van der Waals surface area contributed by atoms with Crippen LogP contribution in [0.25, 0.3) is 0 Å². The van der Waals surface area contributed by atoms with E-state index in [-0.39, 0.29) is 35.3 Å². The first kappa shape index (κ1) is 48.9. The van der Waals surface area contributed by atoms with Crippen molar-refractivity contribution >= 4 is 42.0 Å². The average Bonchev–Trinajstić information content (AvgIpc) is 3.62. The Morgan fingerprint density at radius 3 is 2.10 bits per heavy atom. The largest absolute Gasteiger partial charge is 0.509 e. The van der Waals surface area contributed by atoms with E-state index in [0.717, 1.165) is 11.8 Å². The monoisotopic (exact) mass is 934 g/mol. The zero-order valence-corrected chi connectivity index (χ0v) is 39.3. The third-order valence-electron chi connectivity index (χ3n) is 13.8. The predicted octanol–water partition coefficient (Wildman–Crippen LogP) is 4.77. The molecular weight excluding hydrogens is 877 g/mol. The molecule has 1 unspecified atom stereocenters. The van der Waals surface area contributed by atoms with Gasteiger partial charge in [0.1, 0.15) is 11.7 Å². The van der Waals surface area contributed by atoms with Crippen molar-refractivity contribution in [1.29, 1.82) is 0 Å². The molecule has 2 aromatic carbocycles. The van der Waals surface area contributed by atoms with Gasteiger partial charge in [0.05, 0.1) is 35.6 Å². The number of aliphatic hydroxyl groups is 1. The van der Waals surface area contributed by atoms with Gasteiger partial charge >= 0.3 is 36.2 Å². The molecule has 19 heteroatoms. The maximum absolute atomic E-state index is 16.1. The highest BCUT2D eigenvalue weighted by Gasteiger charge is 2.83. The van der Waals surface area contributed by atoms with Gasteiger partial charge in [0.25, 0.3) is 0 Å². The summed E-state index contributed by atoms with van der Waals surface area (Å²) in [5, 5.41) is 14.5. The van der Waals surface area contributed by atoms with Crippen LogP contribution in [0.5, 0.6) is 0 Å². The Morgan fingerprint density at radius 2 is 1.55 bits per heavy atom. The standard InChI is InChI=1S/C48H58N2O17/c1-24-30-34(62-42(57)50(9)10)36(53)46(8)28(59-11)22-29-47(23-60-29,65-25(2)51)35(46)38(63-39(54)27-20-16-13-17-21-27)48(45(30,6)7)37(64-43(58)67-48)33(24)61-40(55)32(52)31(26-18-14-12-15-19-26)49-41(56)66-44(3,4)5/h12-21,28-29,31-35,37-38,52H,22-23H2,1-11H3,(H,49,56)/t28-,29+,31-,32+,33+,34+,35-,37-,38-,46?,47-,48+/m0/s1. The number of rotatable bonds is 10. The average molecular weight is 935 g/mol. The Labute approximate surface area is 387 Å². The van der Waals surface area contributed by atoms with Crippen molar-refractivity contribution in [3.63, 3.8) is 0 Å².